The van der Waals surface area contributed by atoms with Crippen molar-refractivity contribution in [1.82, 2.24) is 4.57 Å². The van der Waals surface area contributed by atoms with Gasteiger partial charge >= 0.3 is 5.68 Å². The molecule has 0 spiro atoms. The van der Waals surface area contributed by atoms with Crippen molar-refractivity contribution in [3.05, 3.63) is 46.4 Å². The van der Waals surface area contributed by atoms with Gasteiger partial charge in [-0.25, -0.2) is 0 Å². The highest BCUT2D eigenvalue weighted by Crippen LogP contribution is 2.24. The number of oxazole rings is 1. The molecule has 1 amide bonds. The summed E-state index contributed by atoms with van der Waals surface area (Å²) in [6.45, 7) is 7.51. The standard InChI is InChI=1S/C20H25ClN2O4/c1-20(2,3)17-12-23(11-14-6-5-9-26-14)19(27-17)22-18(24)15-10-13(21)7-8-16(15)25-4/h7-8,10,12,14H,5-6,9,11H2,1-4H3/b22-19-. The van der Waals surface area contributed by atoms with Crippen LogP contribution in [-0.4, -0.2) is 30.3 Å². The van der Waals surface area contributed by atoms with Crippen LogP contribution in [0.25, 0.3) is 0 Å². The van der Waals surface area contributed by atoms with Crippen LogP contribution in [0, 0.1) is 0 Å². The van der Waals surface area contributed by atoms with E-state index in [9.17, 15) is 4.79 Å². The number of hydrogen-bond donors (Lipinski definition) is 0. The number of carbonyl (C=O) groups excluding carboxylic acids is 1. The first-order chi connectivity index (χ1) is 12.8. The lowest BCUT2D eigenvalue weighted by Crippen LogP contribution is -2.24. The predicted molar refractivity (Wildman–Crippen MR) is 102 cm³/mol. The molecule has 1 fully saturated rings. The van der Waals surface area contributed by atoms with E-state index in [1.54, 1.807) is 18.2 Å². The van der Waals surface area contributed by atoms with Crippen molar-refractivity contribution in [2.24, 2.45) is 4.99 Å². The molecule has 27 heavy (non-hydrogen) atoms. The molecule has 1 aromatic carbocycles. The van der Waals surface area contributed by atoms with Gasteiger partial charge in [0.1, 0.15) is 11.5 Å². The molecule has 0 aliphatic carbocycles. The molecule has 1 aliphatic heterocycles. The summed E-state index contributed by atoms with van der Waals surface area (Å²) in [5, 5.41) is 0.441. The van der Waals surface area contributed by atoms with Crippen LogP contribution in [0.5, 0.6) is 5.75 Å². The van der Waals surface area contributed by atoms with Crippen LogP contribution in [0.4, 0.5) is 0 Å². The molecule has 0 N–H and O–H groups in total. The minimum Gasteiger partial charge on any atom is -0.496 e. The number of rotatable bonds is 4. The van der Waals surface area contributed by atoms with E-state index >= 15 is 0 Å². The van der Waals surface area contributed by atoms with Crippen LogP contribution >= 0.6 is 11.6 Å². The molecular weight excluding hydrogens is 368 g/mol. The van der Waals surface area contributed by atoms with Crippen LogP contribution in [0.2, 0.25) is 5.02 Å². The fourth-order valence-electron chi connectivity index (χ4n) is 2.95. The van der Waals surface area contributed by atoms with E-state index in [1.165, 1.54) is 7.11 Å². The lowest BCUT2D eigenvalue weighted by molar-refractivity contribution is 0.0930. The Balaban J connectivity index is 2.02. The normalized spacial score (nSPS) is 18.1. The Hall–Kier alpha value is -2.05. The largest absolute Gasteiger partial charge is 0.496 e. The summed E-state index contributed by atoms with van der Waals surface area (Å²) in [6, 6.07) is 4.86. The number of ether oxygens (including phenoxy) is 2. The highest BCUT2D eigenvalue weighted by Gasteiger charge is 2.23. The predicted octanol–water partition coefficient (Wildman–Crippen LogP) is 3.96. The van der Waals surface area contributed by atoms with Gasteiger partial charge < -0.3 is 13.9 Å². The van der Waals surface area contributed by atoms with E-state index in [-0.39, 0.29) is 17.2 Å². The lowest BCUT2D eigenvalue weighted by atomic mass is 9.94. The van der Waals surface area contributed by atoms with Crippen LogP contribution in [0.1, 0.15) is 49.7 Å². The highest BCUT2D eigenvalue weighted by molar-refractivity contribution is 6.31. The van der Waals surface area contributed by atoms with E-state index in [1.807, 2.05) is 31.5 Å². The first-order valence-corrected chi connectivity index (χ1v) is 9.40. The molecule has 1 aliphatic rings. The first kappa shape index (κ1) is 19.7. The number of aromatic nitrogens is 1. The van der Waals surface area contributed by atoms with Crippen molar-refractivity contribution >= 4 is 17.5 Å². The van der Waals surface area contributed by atoms with Gasteiger partial charge in [0, 0.05) is 23.2 Å². The fraction of sp³-hybridized carbons (Fsp3) is 0.500. The third-order valence-electron chi connectivity index (χ3n) is 4.47. The highest BCUT2D eigenvalue weighted by atomic mass is 35.5. The molecule has 1 aromatic heterocycles. The average molecular weight is 393 g/mol. The van der Waals surface area contributed by atoms with Gasteiger partial charge in [-0.15, -0.1) is 0 Å². The number of amides is 1. The molecule has 2 aromatic rings. The first-order valence-electron chi connectivity index (χ1n) is 9.03. The number of halogens is 1. The van der Waals surface area contributed by atoms with Gasteiger partial charge in [-0.3, -0.25) is 9.36 Å². The number of benzene rings is 1. The molecular formula is C20H25ClN2O4. The van der Waals surface area contributed by atoms with Crippen LogP contribution in [-0.2, 0) is 16.7 Å². The van der Waals surface area contributed by atoms with Crippen molar-refractivity contribution in [3.63, 3.8) is 0 Å². The van der Waals surface area contributed by atoms with E-state index in [0.29, 0.717) is 22.9 Å². The Morgan fingerprint density at radius 3 is 2.81 bits per heavy atom. The molecule has 1 saturated heterocycles. The molecule has 1 atom stereocenters. The van der Waals surface area contributed by atoms with Gasteiger partial charge in [-0.05, 0) is 31.0 Å². The second kappa shape index (κ2) is 7.90. The monoisotopic (exact) mass is 392 g/mol. The third-order valence-corrected chi connectivity index (χ3v) is 4.71. The van der Waals surface area contributed by atoms with E-state index in [4.69, 9.17) is 25.5 Å². The maximum atomic E-state index is 12.8. The Kier molecular flexibility index (Phi) is 5.77. The SMILES string of the molecule is COc1ccc(Cl)cc1C(=O)/N=c1\oc(C(C)(C)C)cn1CC1CCCO1. The van der Waals surface area contributed by atoms with E-state index in [0.717, 1.165) is 25.2 Å². The average Bonchev–Trinajstić information content (AvgIpc) is 3.25. The molecule has 3 rings (SSSR count). The zero-order chi connectivity index (χ0) is 19.6. The molecule has 0 radical (unpaired) electrons. The van der Waals surface area contributed by atoms with Gasteiger partial charge in [0.15, 0.2) is 0 Å². The Labute approximate surface area is 163 Å². The van der Waals surface area contributed by atoms with Crippen molar-refractivity contribution in [2.45, 2.75) is 51.7 Å². The van der Waals surface area contributed by atoms with Gasteiger partial charge in [0.25, 0.3) is 5.91 Å². The molecule has 0 bridgehead atoms. The molecule has 7 heteroatoms. The topological polar surface area (TPSA) is 66.0 Å². The number of methoxy groups -OCH3 is 1. The summed E-state index contributed by atoms with van der Waals surface area (Å²) < 4.78 is 18.8. The minimum atomic E-state index is -0.467. The van der Waals surface area contributed by atoms with Crippen LogP contribution in [0.15, 0.2) is 33.8 Å². The Morgan fingerprint density at radius 2 is 2.19 bits per heavy atom. The molecule has 146 valence electrons. The quantitative estimate of drug-likeness (QED) is 0.789. The number of carbonyl (C=O) groups is 1. The summed E-state index contributed by atoms with van der Waals surface area (Å²) in [6.07, 6.45) is 4.03. The summed E-state index contributed by atoms with van der Waals surface area (Å²) >= 11 is 6.03. The minimum absolute atomic E-state index is 0.102. The van der Waals surface area contributed by atoms with Crippen LogP contribution in [0.3, 0.4) is 0 Å². The maximum absolute atomic E-state index is 12.8. The zero-order valence-electron chi connectivity index (χ0n) is 16.1. The summed E-state index contributed by atoms with van der Waals surface area (Å²) in [5.41, 5.74) is 0.341. The summed E-state index contributed by atoms with van der Waals surface area (Å²) in [5.74, 6) is 0.705. The van der Waals surface area contributed by atoms with E-state index < -0.39 is 5.91 Å². The number of hydrogen-bond acceptors (Lipinski definition) is 4. The van der Waals surface area contributed by atoms with Gasteiger partial charge in [0.2, 0.25) is 0 Å². The number of nitrogens with zero attached hydrogens (tertiary/aromatic N) is 2. The van der Waals surface area contributed by atoms with Gasteiger partial charge in [0.05, 0.1) is 25.3 Å². The second-order valence-electron chi connectivity index (χ2n) is 7.68. The summed E-state index contributed by atoms with van der Waals surface area (Å²) in [7, 11) is 1.50. The lowest BCUT2D eigenvalue weighted by Gasteiger charge is -2.13. The molecule has 2 heterocycles. The Morgan fingerprint density at radius 1 is 1.41 bits per heavy atom. The summed E-state index contributed by atoms with van der Waals surface area (Å²) in [4.78, 5) is 17.0. The zero-order valence-corrected chi connectivity index (χ0v) is 16.9. The second-order valence-corrected chi connectivity index (χ2v) is 8.11. The van der Waals surface area contributed by atoms with Crippen molar-refractivity contribution in [2.75, 3.05) is 13.7 Å². The smallest absolute Gasteiger partial charge is 0.305 e. The third kappa shape index (κ3) is 4.62. The van der Waals surface area contributed by atoms with Crippen LogP contribution < -0.4 is 10.4 Å². The fourth-order valence-corrected chi connectivity index (χ4v) is 3.12. The van der Waals surface area contributed by atoms with Crippen molar-refractivity contribution < 1.29 is 18.7 Å². The molecule has 6 nitrogen and oxygen atoms in total. The van der Waals surface area contributed by atoms with Gasteiger partial charge in [-0.1, -0.05) is 32.4 Å². The van der Waals surface area contributed by atoms with E-state index in [2.05, 4.69) is 4.99 Å². The van der Waals surface area contributed by atoms with Gasteiger partial charge in [-0.2, -0.15) is 4.99 Å². The maximum Gasteiger partial charge on any atom is 0.305 e. The molecule has 0 saturated carbocycles. The molecule has 1 unspecified atom stereocenters. The van der Waals surface area contributed by atoms with Crippen molar-refractivity contribution in [3.8, 4) is 5.75 Å². The van der Waals surface area contributed by atoms with Crippen molar-refractivity contribution in [1.29, 1.82) is 0 Å². The Bertz CT molecular complexity index is 886.